The summed E-state index contributed by atoms with van der Waals surface area (Å²) < 4.78 is 12.8. The molecular weight excluding hydrogens is 187 g/mol. The number of hydrogen-bond donors (Lipinski definition) is 2. The lowest BCUT2D eigenvalue weighted by Crippen LogP contribution is -2.05. The van der Waals surface area contributed by atoms with Gasteiger partial charge >= 0.3 is 5.97 Å². The van der Waals surface area contributed by atoms with Crippen LogP contribution in [0, 0.1) is 17.1 Å². The third kappa shape index (κ3) is 1.98. The number of nitriles is 1. The number of anilines is 1. The van der Waals surface area contributed by atoms with Gasteiger partial charge in [-0.05, 0) is 17.7 Å². The number of nitrogens with zero attached hydrogens (tertiary/aromatic N) is 1. The standard InChI is InChI=1S/C9H7FN2O2/c10-7-1-5(3-8(13)14)9(12)6(2-7)4-11/h1-2H,3,12H2,(H,13,14). The number of halogens is 1. The maximum absolute atomic E-state index is 12.8. The number of benzene rings is 1. The van der Waals surface area contributed by atoms with E-state index in [0.29, 0.717) is 0 Å². The fourth-order valence-corrected chi connectivity index (χ4v) is 1.08. The predicted octanol–water partition coefficient (Wildman–Crippen LogP) is 0.907. The molecule has 14 heavy (non-hydrogen) atoms. The van der Waals surface area contributed by atoms with Gasteiger partial charge in [0, 0.05) is 0 Å². The average molecular weight is 194 g/mol. The highest BCUT2D eigenvalue weighted by Gasteiger charge is 2.10. The van der Waals surface area contributed by atoms with Gasteiger partial charge in [-0.25, -0.2) is 4.39 Å². The van der Waals surface area contributed by atoms with Crippen LogP contribution >= 0.6 is 0 Å². The molecule has 1 aromatic rings. The minimum atomic E-state index is -1.12. The maximum atomic E-state index is 12.8. The molecular formula is C9H7FN2O2. The summed E-state index contributed by atoms with van der Waals surface area (Å²) in [6.07, 6.45) is -0.391. The number of carboxylic acid groups (broad SMARTS) is 1. The highest BCUT2D eigenvalue weighted by molar-refractivity contribution is 5.74. The Morgan fingerprint density at radius 3 is 2.79 bits per heavy atom. The topological polar surface area (TPSA) is 87.1 Å². The number of aliphatic carboxylic acids is 1. The first-order valence-electron chi connectivity index (χ1n) is 3.74. The monoisotopic (exact) mass is 194 g/mol. The normalized spacial score (nSPS) is 9.43. The molecule has 0 spiro atoms. The lowest BCUT2D eigenvalue weighted by molar-refractivity contribution is -0.136. The van der Waals surface area contributed by atoms with Crippen LogP contribution in [0.15, 0.2) is 12.1 Å². The fraction of sp³-hybridized carbons (Fsp3) is 0.111. The third-order valence-electron chi connectivity index (χ3n) is 1.69. The summed E-state index contributed by atoms with van der Waals surface area (Å²) in [7, 11) is 0. The second-order valence-corrected chi connectivity index (χ2v) is 2.71. The van der Waals surface area contributed by atoms with E-state index in [2.05, 4.69) is 0 Å². The summed E-state index contributed by atoms with van der Waals surface area (Å²) in [6, 6.07) is 3.68. The molecule has 4 nitrogen and oxygen atoms in total. The van der Waals surface area contributed by atoms with Gasteiger partial charge in [-0.2, -0.15) is 5.26 Å². The van der Waals surface area contributed by atoms with Gasteiger partial charge in [0.05, 0.1) is 17.7 Å². The van der Waals surface area contributed by atoms with Gasteiger partial charge in [0.25, 0.3) is 0 Å². The van der Waals surface area contributed by atoms with Crippen LogP contribution in [0.1, 0.15) is 11.1 Å². The molecule has 0 aromatic heterocycles. The molecule has 0 aliphatic carbocycles. The largest absolute Gasteiger partial charge is 0.481 e. The Hall–Kier alpha value is -2.09. The second kappa shape index (κ2) is 3.75. The van der Waals surface area contributed by atoms with E-state index in [9.17, 15) is 9.18 Å². The van der Waals surface area contributed by atoms with Gasteiger partial charge in [0.15, 0.2) is 0 Å². The number of rotatable bonds is 2. The smallest absolute Gasteiger partial charge is 0.307 e. The van der Waals surface area contributed by atoms with Crippen molar-refractivity contribution in [2.24, 2.45) is 0 Å². The second-order valence-electron chi connectivity index (χ2n) is 2.71. The van der Waals surface area contributed by atoms with E-state index in [0.717, 1.165) is 12.1 Å². The van der Waals surface area contributed by atoms with Crippen LogP contribution in [-0.2, 0) is 11.2 Å². The van der Waals surface area contributed by atoms with Gasteiger partial charge in [0.2, 0.25) is 0 Å². The van der Waals surface area contributed by atoms with Crippen molar-refractivity contribution in [3.8, 4) is 6.07 Å². The lowest BCUT2D eigenvalue weighted by Gasteiger charge is -2.04. The summed E-state index contributed by atoms with van der Waals surface area (Å²) in [5.41, 5.74) is 5.56. The van der Waals surface area contributed by atoms with Crippen LogP contribution in [0.4, 0.5) is 10.1 Å². The molecule has 1 aromatic carbocycles. The summed E-state index contributed by atoms with van der Waals surface area (Å²) in [5.74, 6) is -1.78. The van der Waals surface area contributed by atoms with E-state index < -0.39 is 18.2 Å². The molecule has 0 saturated heterocycles. The molecule has 0 fully saturated rings. The average Bonchev–Trinajstić information content (AvgIpc) is 2.09. The quantitative estimate of drug-likeness (QED) is 0.685. The van der Waals surface area contributed by atoms with E-state index >= 15 is 0 Å². The van der Waals surface area contributed by atoms with Crippen LogP contribution in [0.5, 0.6) is 0 Å². The van der Waals surface area contributed by atoms with Crippen molar-refractivity contribution in [1.29, 1.82) is 5.26 Å². The lowest BCUT2D eigenvalue weighted by atomic mass is 10.1. The van der Waals surface area contributed by atoms with Crippen molar-refractivity contribution in [2.75, 3.05) is 5.73 Å². The first-order chi connectivity index (χ1) is 6.54. The van der Waals surface area contributed by atoms with Crippen LogP contribution in [0.3, 0.4) is 0 Å². The molecule has 5 heteroatoms. The molecule has 0 aliphatic rings. The summed E-state index contributed by atoms with van der Waals surface area (Å²) in [5, 5.41) is 17.0. The van der Waals surface area contributed by atoms with Crippen LogP contribution in [0.2, 0.25) is 0 Å². The van der Waals surface area contributed by atoms with Crippen LogP contribution in [0.25, 0.3) is 0 Å². The molecule has 0 atom stereocenters. The summed E-state index contributed by atoms with van der Waals surface area (Å²) >= 11 is 0. The Balaban J connectivity index is 3.23. The Morgan fingerprint density at radius 1 is 1.64 bits per heavy atom. The maximum Gasteiger partial charge on any atom is 0.307 e. The Kier molecular flexibility index (Phi) is 2.67. The first-order valence-corrected chi connectivity index (χ1v) is 3.74. The van der Waals surface area contributed by atoms with Gasteiger partial charge < -0.3 is 10.8 Å². The minimum absolute atomic E-state index is 0.0244. The number of carboxylic acids is 1. The van der Waals surface area contributed by atoms with E-state index in [4.69, 9.17) is 16.1 Å². The van der Waals surface area contributed by atoms with Gasteiger partial charge in [0.1, 0.15) is 11.9 Å². The number of hydrogen-bond acceptors (Lipinski definition) is 3. The van der Waals surface area contributed by atoms with Crippen molar-refractivity contribution in [3.05, 3.63) is 29.1 Å². The zero-order valence-electron chi connectivity index (χ0n) is 7.12. The minimum Gasteiger partial charge on any atom is -0.481 e. The molecule has 3 N–H and O–H groups in total. The molecule has 0 heterocycles. The van der Waals surface area contributed by atoms with E-state index in [1.807, 2.05) is 0 Å². The highest BCUT2D eigenvalue weighted by Crippen LogP contribution is 2.19. The van der Waals surface area contributed by atoms with Gasteiger partial charge in [-0.15, -0.1) is 0 Å². The van der Waals surface area contributed by atoms with Crippen molar-refractivity contribution in [2.45, 2.75) is 6.42 Å². The van der Waals surface area contributed by atoms with Crippen LogP contribution < -0.4 is 5.73 Å². The van der Waals surface area contributed by atoms with E-state index in [1.165, 1.54) is 0 Å². The molecule has 0 amide bonds. The van der Waals surface area contributed by atoms with Crippen molar-refractivity contribution in [3.63, 3.8) is 0 Å². The highest BCUT2D eigenvalue weighted by atomic mass is 19.1. The Bertz CT molecular complexity index is 424. The van der Waals surface area contributed by atoms with Crippen molar-refractivity contribution >= 4 is 11.7 Å². The number of nitrogens with two attached hydrogens (primary N) is 1. The zero-order valence-corrected chi connectivity index (χ0v) is 7.12. The summed E-state index contributed by atoms with van der Waals surface area (Å²) in [6.45, 7) is 0. The molecule has 0 saturated carbocycles. The summed E-state index contributed by atoms with van der Waals surface area (Å²) in [4.78, 5) is 10.4. The number of nitrogen functional groups attached to an aromatic ring is 1. The SMILES string of the molecule is N#Cc1cc(F)cc(CC(=O)O)c1N. The van der Waals surface area contributed by atoms with Gasteiger partial charge in [-0.1, -0.05) is 0 Å². The zero-order chi connectivity index (χ0) is 10.7. The molecule has 1 rings (SSSR count). The fourth-order valence-electron chi connectivity index (χ4n) is 1.08. The molecule has 0 bridgehead atoms. The molecule has 0 aliphatic heterocycles. The van der Waals surface area contributed by atoms with Crippen molar-refractivity contribution in [1.82, 2.24) is 0 Å². The predicted molar refractivity (Wildman–Crippen MR) is 46.9 cm³/mol. The number of carbonyl (C=O) groups is 1. The Morgan fingerprint density at radius 2 is 2.29 bits per heavy atom. The third-order valence-corrected chi connectivity index (χ3v) is 1.69. The Labute approximate surface area is 79.4 Å². The molecule has 0 unspecified atom stereocenters. The van der Waals surface area contributed by atoms with E-state index in [-0.39, 0.29) is 16.8 Å². The molecule has 0 radical (unpaired) electrons. The van der Waals surface area contributed by atoms with Crippen LogP contribution in [-0.4, -0.2) is 11.1 Å². The molecule has 72 valence electrons. The first kappa shape index (κ1) is 9.99. The van der Waals surface area contributed by atoms with Gasteiger partial charge in [-0.3, -0.25) is 4.79 Å². The van der Waals surface area contributed by atoms with Crippen molar-refractivity contribution < 1.29 is 14.3 Å². The van der Waals surface area contributed by atoms with E-state index in [1.54, 1.807) is 6.07 Å².